The van der Waals surface area contributed by atoms with Crippen LogP contribution < -0.4 is 4.74 Å². The molecule has 1 fully saturated rings. The number of nitrogens with zero attached hydrogens (tertiary/aromatic N) is 4. The molecule has 0 spiro atoms. The first-order chi connectivity index (χ1) is 11.8. The fourth-order valence-corrected chi connectivity index (χ4v) is 2.91. The molecule has 122 valence electrons. The fraction of sp³-hybridized carbons (Fsp3) is 0.278. The summed E-state index contributed by atoms with van der Waals surface area (Å²) in [6.07, 6.45) is 9.57. The number of aromatic nitrogens is 3. The van der Waals surface area contributed by atoms with Crippen molar-refractivity contribution in [2.45, 2.75) is 12.8 Å². The highest BCUT2D eigenvalue weighted by Crippen LogP contribution is 2.22. The largest absolute Gasteiger partial charge is 0.484 e. The van der Waals surface area contributed by atoms with Crippen molar-refractivity contribution in [1.29, 1.82) is 0 Å². The Kier molecular flexibility index (Phi) is 3.86. The molecule has 1 aliphatic heterocycles. The molecule has 3 aromatic rings. The third-order valence-corrected chi connectivity index (χ3v) is 4.25. The Morgan fingerprint density at radius 3 is 2.67 bits per heavy atom. The van der Waals surface area contributed by atoms with Crippen molar-refractivity contribution < 1.29 is 9.53 Å². The Labute approximate surface area is 139 Å². The molecule has 2 aromatic heterocycles. The van der Waals surface area contributed by atoms with Gasteiger partial charge in [0.2, 0.25) is 5.78 Å². The molecule has 3 heterocycles. The third kappa shape index (κ3) is 2.95. The van der Waals surface area contributed by atoms with Gasteiger partial charge in [0.05, 0.1) is 0 Å². The standard InChI is InChI=1S/C18H18N4O2/c23-17(21-8-1-2-9-21)13-24-16-5-3-14(4-6-16)15-11-20-18-19-7-10-22(18)12-15/h3-7,10-12H,1-2,8-9,13H2. The molecule has 0 unspecified atom stereocenters. The smallest absolute Gasteiger partial charge is 0.260 e. The van der Waals surface area contributed by atoms with E-state index in [9.17, 15) is 4.79 Å². The second-order valence-electron chi connectivity index (χ2n) is 5.88. The van der Waals surface area contributed by atoms with Crippen LogP contribution in [-0.4, -0.2) is 44.9 Å². The number of hydrogen-bond donors (Lipinski definition) is 0. The van der Waals surface area contributed by atoms with Crippen molar-refractivity contribution in [2.24, 2.45) is 0 Å². The Morgan fingerprint density at radius 2 is 1.88 bits per heavy atom. The number of likely N-dealkylation sites (tertiary alicyclic amines) is 1. The third-order valence-electron chi connectivity index (χ3n) is 4.25. The molecule has 0 aliphatic carbocycles. The second-order valence-corrected chi connectivity index (χ2v) is 5.88. The van der Waals surface area contributed by atoms with E-state index in [0.717, 1.165) is 37.1 Å². The lowest BCUT2D eigenvalue weighted by molar-refractivity contribution is -0.132. The first kappa shape index (κ1) is 14.7. The molecule has 1 amide bonds. The summed E-state index contributed by atoms with van der Waals surface area (Å²) < 4.78 is 7.49. The van der Waals surface area contributed by atoms with E-state index in [4.69, 9.17) is 4.74 Å². The van der Waals surface area contributed by atoms with Gasteiger partial charge < -0.3 is 9.64 Å². The van der Waals surface area contributed by atoms with Crippen LogP contribution in [0.2, 0.25) is 0 Å². The highest BCUT2D eigenvalue weighted by atomic mass is 16.5. The Morgan fingerprint density at radius 1 is 1.08 bits per heavy atom. The lowest BCUT2D eigenvalue weighted by atomic mass is 10.1. The van der Waals surface area contributed by atoms with Gasteiger partial charge in [-0.15, -0.1) is 0 Å². The molecule has 0 bridgehead atoms. The minimum absolute atomic E-state index is 0.0614. The number of fused-ring (bicyclic) bond motifs is 1. The quantitative estimate of drug-likeness (QED) is 0.740. The predicted octanol–water partition coefficient (Wildman–Crippen LogP) is 2.40. The molecule has 1 aliphatic rings. The minimum atomic E-state index is 0.0614. The van der Waals surface area contributed by atoms with Crippen LogP contribution in [-0.2, 0) is 4.79 Å². The lowest BCUT2D eigenvalue weighted by Crippen LogP contribution is -2.32. The average molecular weight is 322 g/mol. The van der Waals surface area contributed by atoms with Crippen LogP contribution in [0.5, 0.6) is 5.75 Å². The van der Waals surface area contributed by atoms with Crippen LogP contribution in [0, 0.1) is 0 Å². The zero-order valence-electron chi connectivity index (χ0n) is 13.3. The number of carbonyl (C=O) groups excluding carboxylic acids is 1. The van der Waals surface area contributed by atoms with Crippen molar-refractivity contribution in [3.8, 4) is 16.9 Å². The van der Waals surface area contributed by atoms with Gasteiger partial charge in [0, 0.05) is 43.4 Å². The molecule has 24 heavy (non-hydrogen) atoms. The number of ether oxygens (including phenoxy) is 1. The van der Waals surface area contributed by atoms with Crippen LogP contribution in [0.4, 0.5) is 0 Å². The van der Waals surface area contributed by atoms with E-state index in [1.54, 1.807) is 12.4 Å². The van der Waals surface area contributed by atoms with E-state index in [-0.39, 0.29) is 12.5 Å². The molecular weight excluding hydrogens is 304 g/mol. The summed E-state index contributed by atoms with van der Waals surface area (Å²) in [5.41, 5.74) is 2.04. The summed E-state index contributed by atoms with van der Waals surface area (Å²) in [5, 5.41) is 0. The van der Waals surface area contributed by atoms with Gasteiger partial charge in [-0.1, -0.05) is 12.1 Å². The summed E-state index contributed by atoms with van der Waals surface area (Å²) in [6.45, 7) is 1.80. The summed E-state index contributed by atoms with van der Waals surface area (Å²) in [5.74, 6) is 1.44. The van der Waals surface area contributed by atoms with Crippen molar-refractivity contribution in [3.63, 3.8) is 0 Å². The van der Waals surface area contributed by atoms with E-state index < -0.39 is 0 Å². The van der Waals surface area contributed by atoms with Crippen molar-refractivity contribution >= 4 is 11.7 Å². The first-order valence-corrected chi connectivity index (χ1v) is 8.09. The van der Waals surface area contributed by atoms with Crippen LogP contribution in [0.1, 0.15) is 12.8 Å². The van der Waals surface area contributed by atoms with Gasteiger partial charge in [-0.05, 0) is 30.5 Å². The summed E-state index contributed by atoms with van der Waals surface area (Å²) in [4.78, 5) is 22.3. The molecule has 0 radical (unpaired) electrons. The zero-order chi connectivity index (χ0) is 16.4. The van der Waals surface area contributed by atoms with Crippen LogP contribution in [0.25, 0.3) is 16.9 Å². The molecule has 4 rings (SSSR count). The maximum Gasteiger partial charge on any atom is 0.260 e. The summed E-state index contributed by atoms with van der Waals surface area (Å²) in [7, 11) is 0. The number of amides is 1. The highest BCUT2D eigenvalue weighted by Gasteiger charge is 2.18. The number of rotatable bonds is 4. The van der Waals surface area contributed by atoms with Crippen molar-refractivity contribution in [3.05, 3.63) is 49.1 Å². The maximum atomic E-state index is 12.0. The highest BCUT2D eigenvalue weighted by molar-refractivity contribution is 5.78. The van der Waals surface area contributed by atoms with E-state index in [0.29, 0.717) is 11.5 Å². The van der Waals surface area contributed by atoms with Crippen molar-refractivity contribution in [1.82, 2.24) is 19.3 Å². The van der Waals surface area contributed by atoms with E-state index in [2.05, 4.69) is 9.97 Å². The maximum absolute atomic E-state index is 12.0. The van der Waals surface area contributed by atoms with E-state index in [1.807, 2.05) is 46.0 Å². The second kappa shape index (κ2) is 6.31. The number of imidazole rings is 1. The van der Waals surface area contributed by atoms with Gasteiger partial charge in [-0.3, -0.25) is 9.20 Å². The van der Waals surface area contributed by atoms with Gasteiger partial charge in [0.15, 0.2) is 6.61 Å². The van der Waals surface area contributed by atoms with Crippen LogP contribution in [0.3, 0.4) is 0 Å². The van der Waals surface area contributed by atoms with Crippen LogP contribution >= 0.6 is 0 Å². The SMILES string of the molecule is O=C(COc1ccc(-c2cnc3nccn3c2)cc1)N1CCCC1. The zero-order valence-corrected chi connectivity index (χ0v) is 13.3. The number of benzene rings is 1. The molecule has 1 saturated heterocycles. The van der Waals surface area contributed by atoms with Gasteiger partial charge in [0.1, 0.15) is 5.75 Å². The Bertz CT molecular complexity index is 851. The molecule has 0 N–H and O–H groups in total. The summed E-state index contributed by atoms with van der Waals surface area (Å²) >= 11 is 0. The Hall–Kier alpha value is -2.89. The fourth-order valence-electron chi connectivity index (χ4n) is 2.91. The molecule has 0 atom stereocenters. The van der Waals surface area contributed by atoms with Gasteiger partial charge >= 0.3 is 0 Å². The molecule has 0 saturated carbocycles. The molecular formula is C18H18N4O2. The van der Waals surface area contributed by atoms with Crippen molar-refractivity contribution in [2.75, 3.05) is 19.7 Å². The van der Waals surface area contributed by atoms with Gasteiger partial charge in [0.25, 0.3) is 5.91 Å². The average Bonchev–Trinajstić information content (AvgIpc) is 3.31. The monoisotopic (exact) mass is 322 g/mol. The van der Waals surface area contributed by atoms with Gasteiger partial charge in [-0.25, -0.2) is 9.97 Å². The molecule has 1 aromatic carbocycles. The number of hydrogen-bond acceptors (Lipinski definition) is 4. The molecule has 6 heteroatoms. The van der Waals surface area contributed by atoms with E-state index in [1.165, 1.54) is 0 Å². The predicted molar refractivity (Wildman–Crippen MR) is 89.7 cm³/mol. The number of carbonyl (C=O) groups is 1. The van der Waals surface area contributed by atoms with Gasteiger partial charge in [-0.2, -0.15) is 0 Å². The first-order valence-electron chi connectivity index (χ1n) is 8.09. The van der Waals surface area contributed by atoms with Crippen LogP contribution in [0.15, 0.2) is 49.1 Å². The molecule has 6 nitrogen and oxygen atoms in total. The normalized spacial score (nSPS) is 14.2. The van der Waals surface area contributed by atoms with E-state index >= 15 is 0 Å². The lowest BCUT2D eigenvalue weighted by Gasteiger charge is -2.15. The topological polar surface area (TPSA) is 59.7 Å². The summed E-state index contributed by atoms with van der Waals surface area (Å²) in [6, 6.07) is 7.69. The minimum Gasteiger partial charge on any atom is -0.484 e. The Balaban J connectivity index is 1.43.